The zero-order chi connectivity index (χ0) is 13.7. The zero-order valence-electron chi connectivity index (χ0n) is 11.2. The van der Waals surface area contributed by atoms with Crippen molar-refractivity contribution in [3.05, 3.63) is 33.9 Å². The Morgan fingerprint density at radius 1 is 1.37 bits per heavy atom. The molecule has 0 aromatic heterocycles. The third kappa shape index (κ3) is 3.67. The Hall–Kier alpha value is -1.62. The summed E-state index contributed by atoms with van der Waals surface area (Å²) in [6.45, 7) is 0.454. The molecule has 19 heavy (non-hydrogen) atoms. The number of ether oxygens (including phenoxy) is 1. The summed E-state index contributed by atoms with van der Waals surface area (Å²) in [5, 5.41) is 13.8. The third-order valence-electron chi connectivity index (χ3n) is 3.57. The van der Waals surface area contributed by atoms with Crippen LogP contribution in [-0.4, -0.2) is 18.1 Å². The van der Waals surface area contributed by atoms with E-state index in [1.807, 2.05) is 6.07 Å². The molecule has 0 heterocycles. The smallest absolute Gasteiger partial charge is 0.292 e. The fraction of sp³-hybridized carbons (Fsp3) is 0.571. The van der Waals surface area contributed by atoms with Crippen molar-refractivity contribution in [1.82, 2.24) is 0 Å². The van der Waals surface area contributed by atoms with E-state index >= 15 is 0 Å². The van der Waals surface area contributed by atoms with Crippen LogP contribution >= 0.6 is 0 Å². The number of nitrogens with zero attached hydrogens (tertiary/aromatic N) is 1. The van der Waals surface area contributed by atoms with Gasteiger partial charge in [-0.05, 0) is 24.5 Å². The van der Waals surface area contributed by atoms with Crippen molar-refractivity contribution in [2.24, 2.45) is 0 Å². The monoisotopic (exact) mass is 264 g/mol. The lowest BCUT2D eigenvalue weighted by Crippen LogP contribution is -2.16. The van der Waals surface area contributed by atoms with Gasteiger partial charge in [0.25, 0.3) is 5.69 Å². The van der Waals surface area contributed by atoms with Crippen molar-refractivity contribution >= 4 is 11.4 Å². The van der Waals surface area contributed by atoms with Crippen molar-refractivity contribution in [3.63, 3.8) is 0 Å². The third-order valence-corrected chi connectivity index (χ3v) is 3.57. The molecule has 2 rings (SSSR count). The quantitative estimate of drug-likeness (QED) is 0.653. The van der Waals surface area contributed by atoms with Gasteiger partial charge in [-0.15, -0.1) is 0 Å². The molecular formula is C14H20N2O3. The molecule has 1 aliphatic rings. The summed E-state index contributed by atoms with van der Waals surface area (Å²) >= 11 is 0. The molecule has 0 bridgehead atoms. The summed E-state index contributed by atoms with van der Waals surface area (Å²) in [7, 11) is 1.68. The summed E-state index contributed by atoms with van der Waals surface area (Å²) in [6.07, 6.45) is 6.28. The Bertz CT molecular complexity index is 442. The second kappa shape index (κ2) is 6.52. The van der Waals surface area contributed by atoms with Gasteiger partial charge in [-0.25, -0.2) is 0 Å². The summed E-state index contributed by atoms with van der Waals surface area (Å²) in [5.41, 5.74) is 1.50. The van der Waals surface area contributed by atoms with Gasteiger partial charge in [0.05, 0.1) is 17.6 Å². The molecular weight excluding hydrogens is 244 g/mol. The van der Waals surface area contributed by atoms with Crippen LogP contribution < -0.4 is 5.32 Å². The maximum atomic E-state index is 11.0. The van der Waals surface area contributed by atoms with Crippen LogP contribution in [0.2, 0.25) is 0 Å². The lowest BCUT2D eigenvalue weighted by Gasteiger charge is -2.22. The first-order valence-corrected chi connectivity index (χ1v) is 6.77. The van der Waals surface area contributed by atoms with Crippen LogP contribution in [0.15, 0.2) is 18.2 Å². The molecule has 1 aromatic carbocycles. The summed E-state index contributed by atoms with van der Waals surface area (Å²) in [5.74, 6) is 0. The first kappa shape index (κ1) is 13.8. The Kier molecular flexibility index (Phi) is 4.74. The number of hydrogen-bond acceptors (Lipinski definition) is 4. The molecule has 1 fully saturated rings. The van der Waals surface area contributed by atoms with Gasteiger partial charge in [0.2, 0.25) is 0 Å². The first-order chi connectivity index (χ1) is 9.20. The van der Waals surface area contributed by atoms with Gasteiger partial charge >= 0.3 is 0 Å². The lowest BCUT2D eigenvalue weighted by atomic mass is 9.98. The lowest BCUT2D eigenvalue weighted by molar-refractivity contribution is -0.384. The minimum Gasteiger partial charge on any atom is -0.383 e. The van der Waals surface area contributed by atoms with Crippen LogP contribution in [-0.2, 0) is 11.3 Å². The topological polar surface area (TPSA) is 64.4 Å². The number of nitro groups is 1. The minimum atomic E-state index is -0.365. The van der Waals surface area contributed by atoms with Gasteiger partial charge in [0.1, 0.15) is 5.69 Å². The van der Waals surface area contributed by atoms with E-state index in [0.29, 0.717) is 18.4 Å². The highest BCUT2D eigenvalue weighted by atomic mass is 16.6. The number of hydrogen-bond donors (Lipinski definition) is 1. The molecule has 1 N–H and O–H groups in total. The molecule has 5 nitrogen and oxygen atoms in total. The SMILES string of the molecule is CNc1ccc(COC2CCCCC2)cc1[N+](=O)[O-]. The molecule has 0 atom stereocenters. The Labute approximate surface area is 113 Å². The van der Waals surface area contributed by atoms with E-state index < -0.39 is 0 Å². The number of anilines is 1. The highest BCUT2D eigenvalue weighted by molar-refractivity contribution is 5.62. The fourth-order valence-electron chi connectivity index (χ4n) is 2.48. The maximum absolute atomic E-state index is 11.0. The molecule has 0 spiro atoms. The van der Waals surface area contributed by atoms with Gasteiger partial charge < -0.3 is 10.1 Å². The maximum Gasteiger partial charge on any atom is 0.292 e. The van der Waals surface area contributed by atoms with Crippen LogP contribution in [0.1, 0.15) is 37.7 Å². The van der Waals surface area contributed by atoms with Gasteiger partial charge in [-0.1, -0.05) is 25.3 Å². The first-order valence-electron chi connectivity index (χ1n) is 6.77. The van der Waals surface area contributed by atoms with Crippen molar-refractivity contribution in [2.75, 3.05) is 12.4 Å². The number of benzene rings is 1. The number of rotatable bonds is 5. The molecule has 104 valence electrons. The fourth-order valence-corrected chi connectivity index (χ4v) is 2.48. The van der Waals surface area contributed by atoms with Crippen LogP contribution in [0.4, 0.5) is 11.4 Å². The van der Waals surface area contributed by atoms with E-state index in [0.717, 1.165) is 18.4 Å². The average molecular weight is 264 g/mol. The Morgan fingerprint density at radius 3 is 2.74 bits per heavy atom. The van der Waals surface area contributed by atoms with Gasteiger partial charge in [-0.3, -0.25) is 10.1 Å². The summed E-state index contributed by atoms with van der Waals surface area (Å²) in [4.78, 5) is 10.6. The van der Waals surface area contributed by atoms with E-state index in [1.54, 1.807) is 19.2 Å². The standard InChI is InChI=1S/C14H20N2O3/c1-15-13-8-7-11(9-14(13)16(17)18)10-19-12-5-3-2-4-6-12/h7-9,12,15H,2-6,10H2,1H3. The number of nitrogens with one attached hydrogen (secondary N) is 1. The minimum absolute atomic E-state index is 0.104. The highest BCUT2D eigenvalue weighted by Gasteiger charge is 2.16. The van der Waals surface area contributed by atoms with E-state index in [9.17, 15) is 10.1 Å². The molecule has 0 saturated heterocycles. The second-order valence-electron chi connectivity index (χ2n) is 4.93. The molecule has 0 amide bonds. The Balaban J connectivity index is 2.00. The van der Waals surface area contributed by atoms with Crippen LogP contribution in [0, 0.1) is 10.1 Å². The molecule has 5 heteroatoms. The second-order valence-corrected chi connectivity index (χ2v) is 4.93. The van der Waals surface area contributed by atoms with Crippen molar-refractivity contribution in [2.45, 2.75) is 44.8 Å². The molecule has 1 saturated carbocycles. The highest BCUT2D eigenvalue weighted by Crippen LogP contribution is 2.26. The Morgan fingerprint density at radius 2 is 2.11 bits per heavy atom. The van der Waals surface area contributed by atoms with Crippen molar-refractivity contribution in [3.8, 4) is 0 Å². The van der Waals surface area contributed by atoms with Crippen molar-refractivity contribution < 1.29 is 9.66 Å². The number of nitro benzene ring substituents is 1. The average Bonchev–Trinajstić information content (AvgIpc) is 2.46. The molecule has 0 radical (unpaired) electrons. The van der Waals surface area contributed by atoms with E-state index in [-0.39, 0.29) is 10.6 Å². The van der Waals surface area contributed by atoms with Crippen molar-refractivity contribution in [1.29, 1.82) is 0 Å². The molecule has 1 aliphatic carbocycles. The van der Waals surface area contributed by atoms with E-state index in [1.165, 1.54) is 19.3 Å². The van der Waals surface area contributed by atoms with E-state index in [4.69, 9.17) is 4.74 Å². The van der Waals surface area contributed by atoms with Gasteiger partial charge in [0.15, 0.2) is 0 Å². The molecule has 1 aromatic rings. The normalized spacial score (nSPS) is 16.3. The van der Waals surface area contributed by atoms with Crippen LogP contribution in [0.5, 0.6) is 0 Å². The molecule has 0 aliphatic heterocycles. The van der Waals surface area contributed by atoms with Gasteiger partial charge in [-0.2, -0.15) is 0 Å². The predicted molar refractivity (Wildman–Crippen MR) is 74.3 cm³/mol. The van der Waals surface area contributed by atoms with Crippen LogP contribution in [0.3, 0.4) is 0 Å². The largest absolute Gasteiger partial charge is 0.383 e. The van der Waals surface area contributed by atoms with E-state index in [2.05, 4.69) is 5.32 Å². The predicted octanol–water partition coefficient (Wildman–Crippen LogP) is 3.49. The molecule has 0 unspecified atom stereocenters. The zero-order valence-corrected chi connectivity index (χ0v) is 11.2. The summed E-state index contributed by atoms with van der Waals surface area (Å²) in [6, 6.07) is 5.20. The summed E-state index contributed by atoms with van der Waals surface area (Å²) < 4.78 is 5.83. The van der Waals surface area contributed by atoms with Gasteiger partial charge in [0, 0.05) is 13.1 Å². The van der Waals surface area contributed by atoms with Crippen LogP contribution in [0.25, 0.3) is 0 Å².